The minimum Gasteiger partial charge on any atom is -0.330 e. The van der Waals surface area contributed by atoms with Crippen LogP contribution in [0.4, 0.5) is 0 Å². The summed E-state index contributed by atoms with van der Waals surface area (Å²) in [6.45, 7) is 2.64. The lowest BCUT2D eigenvalue weighted by atomic mass is 9.88. The lowest BCUT2D eigenvalue weighted by Crippen LogP contribution is -2.42. The fourth-order valence-corrected chi connectivity index (χ4v) is 4.83. The van der Waals surface area contributed by atoms with Crippen molar-refractivity contribution >= 4 is 35.1 Å². The normalized spacial score (nSPS) is 23.0. The Balaban J connectivity index is 1.75. The molecule has 0 N–H and O–H groups in total. The number of carbonyl (C=O) groups excluding carboxylic acids is 2. The molecule has 0 radical (unpaired) electrons. The number of thioether (sulfide) groups is 1. The van der Waals surface area contributed by atoms with Crippen molar-refractivity contribution in [1.82, 2.24) is 4.90 Å². The van der Waals surface area contributed by atoms with Gasteiger partial charge in [0.25, 0.3) is 0 Å². The lowest BCUT2D eigenvalue weighted by Gasteiger charge is -2.27. The van der Waals surface area contributed by atoms with Crippen molar-refractivity contribution in [2.24, 2.45) is 0 Å². The molecule has 0 spiro atoms. The highest BCUT2D eigenvalue weighted by atomic mass is 35.5. The molecule has 2 saturated heterocycles. The number of nitrogens with zero attached hydrogens (tertiary/aromatic N) is 1. The second kappa shape index (κ2) is 6.50. The first kappa shape index (κ1) is 16.7. The number of hydrogen-bond donors (Lipinski definition) is 0. The number of halogens is 1. The number of ketones is 1. The third-order valence-electron chi connectivity index (χ3n) is 5.04. The van der Waals surface area contributed by atoms with Crippen LogP contribution in [0.2, 0.25) is 5.02 Å². The van der Waals surface area contributed by atoms with Crippen LogP contribution >= 0.6 is 23.4 Å². The minimum absolute atomic E-state index is 0.0355. The number of benzene rings is 2. The highest BCUT2D eigenvalue weighted by Crippen LogP contribution is 2.37. The van der Waals surface area contributed by atoms with Gasteiger partial charge in [-0.15, -0.1) is 0 Å². The Hall–Kier alpha value is -1.78. The molecule has 25 heavy (non-hydrogen) atoms. The Labute approximate surface area is 156 Å². The quantitative estimate of drug-likeness (QED) is 0.751. The number of amides is 1. The summed E-state index contributed by atoms with van der Waals surface area (Å²) >= 11 is 7.72. The highest BCUT2D eigenvalue weighted by molar-refractivity contribution is 7.99. The molecule has 2 aromatic rings. The number of rotatable bonds is 2. The van der Waals surface area contributed by atoms with E-state index in [4.69, 9.17) is 11.6 Å². The average Bonchev–Trinajstić information content (AvgIpc) is 2.88. The van der Waals surface area contributed by atoms with Crippen molar-refractivity contribution in [3.63, 3.8) is 0 Å². The smallest absolute Gasteiger partial charge is 0.238 e. The van der Waals surface area contributed by atoms with E-state index < -0.39 is 5.92 Å². The number of carbonyl (C=O) groups is 2. The first-order valence-corrected chi connectivity index (χ1v) is 9.88. The van der Waals surface area contributed by atoms with Crippen LogP contribution in [0.25, 0.3) is 11.1 Å². The predicted octanol–water partition coefficient (Wildman–Crippen LogP) is 3.93. The van der Waals surface area contributed by atoms with Crippen LogP contribution < -0.4 is 0 Å². The molecular formula is C20H18ClNO2S. The molecule has 3 nitrogen and oxygen atoms in total. The van der Waals surface area contributed by atoms with Gasteiger partial charge in [-0.2, -0.15) is 11.8 Å². The molecule has 0 aromatic heterocycles. The largest absolute Gasteiger partial charge is 0.330 e. The van der Waals surface area contributed by atoms with Crippen LogP contribution in [0.5, 0.6) is 0 Å². The summed E-state index contributed by atoms with van der Waals surface area (Å²) < 4.78 is 0. The molecule has 2 aliphatic rings. The van der Waals surface area contributed by atoms with Gasteiger partial charge < -0.3 is 4.90 Å². The van der Waals surface area contributed by atoms with E-state index in [1.807, 2.05) is 49.4 Å². The van der Waals surface area contributed by atoms with Crippen molar-refractivity contribution in [2.75, 3.05) is 18.1 Å². The molecular weight excluding hydrogens is 354 g/mol. The van der Waals surface area contributed by atoms with Crippen LogP contribution in [-0.4, -0.2) is 40.7 Å². The average molecular weight is 372 g/mol. The van der Waals surface area contributed by atoms with Gasteiger partial charge >= 0.3 is 0 Å². The molecule has 2 unspecified atom stereocenters. The number of hydrogen-bond acceptors (Lipinski definition) is 3. The van der Waals surface area contributed by atoms with E-state index in [-0.39, 0.29) is 17.7 Å². The van der Waals surface area contributed by atoms with E-state index in [9.17, 15) is 9.59 Å². The summed E-state index contributed by atoms with van der Waals surface area (Å²) in [6, 6.07) is 13.4. The first-order chi connectivity index (χ1) is 12.1. The maximum atomic E-state index is 12.9. The molecule has 2 aromatic carbocycles. The maximum absolute atomic E-state index is 12.9. The van der Waals surface area contributed by atoms with Gasteiger partial charge in [0.05, 0.1) is 0 Å². The standard InChI is InChI=1S/C20H18ClNO2S/c1-12-2-3-14(13-4-6-15(21)7-5-13)10-16(12)18-19(23)17-11-25-9-8-22(17)20(18)24/h2-7,10,17-18H,8-9,11H2,1H3. The number of Topliss-reactive ketones (excluding diaryl/α,β-unsaturated/α-hetero) is 1. The van der Waals surface area contributed by atoms with Crippen LogP contribution in [0.15, 0.2) is 42.5 Å². The van der Waals surface area contributed by atoms with Gasteiger partial charge in [0.2, 0.25) is 5.91 Å². The summed E-state index contributed by atoms with van der Waals surface area (Å²) in [5.41, 5.74) is 3.84. The molecule has 4 rings (SSSR count). The van der Waals surface area contributed by atoms with Crippen LogP contribution in [0.3, 0.4) is 0 Å². The zero-order chi connectivity index (χ0) is 17.6. The summed E-state index contributed by atoms with van der Waals surface area (Å²) in [5.74, 6) is 0.986. The summed E-state index contributed by atoms with van der Waals surface area (Å²) in [4.78, 5) is 27.6. The molecule has 5 heteroatoms. The van der Waals surface area contributed by atoms with Crippen LogP contribution in [0, 0.1) is 6.92 Å². The zero-order valence-corrected chi connectivity index (χ0v) is 15.4. The SMILES string of the molecule is Cc1ccc(-c2ccc(Cl)cc2)cc1C1C(=O)C2CSCCN2C1=O. The third kappa shape index (κ3) is 2.87. The fourth-order valence-electron chi connectivity index (χ4n) is 3.64. The molecule has 0 bridgehead atoms. The van der Waals surface area contributed by atoms with Gasteiger partial charge in [0, 0.05) is 23.1 Å². The maximum Gasteiger partial charge on any atom is 0.238 e. The Kier molecular flexibility index (Phi) is 4.34. The molecule has 2 aliphatic heterocycles. The van der Waals surface area contributed by atoms with Gasteiger partial charge in [-0.3, -0.25) is 9.59 Å². The molecule has 128 valence electrons. The Morgan fingerprint density at radius 2 is 1.80 bits per heavy atom. The fraction of sp³-hybridized carbons (Fsp3) is 0.300. The Morgan fingerprint density at radius 3 is 2.52 bits per heavy atom. The van der Waals surface area contributed by atoms with Gasteiger partial charge in [-0.25, -0.2) is 0 Å². The van der Waals surface area contributed by atoms with Crippen molar-refractivity contribution in [1.29, 1.82) is 0 Å². The lowest BCUT2D eigenvalue weighted by molar-refractivity contribution is -0.129. The van der Waals surface area contributed by atoms with E-state index in [2.05, 4.69) is 0 Å². The van der Waals surface area contributed by atoms with Gasteiger partial charge in [-0.05, 0) is 47.4 Å². The summed E-state index contributed by atoms with van der Waals surface area (Å²) in [5, 5.41) is 0.687. The van der Waals surface area contributed by atoms with Gasteiger partial charge in [0.15, 0.2) is 5.78 Å². The molecule has 2 atom stereocenters. The number of fused-ring (bicyclic) bond motifs is 1. The van der Waals surface area contributed by atoms with Gasteiger partial charge in [-0.1, -0.05) is 35.9 Å². The third-order valence-corrected chi connectivity index (χ3v) is 6.31. The molecule has 2 heterocycles. The van der Waals surface area contributed by atoms with Crippen molar-refractivity contribution in [3.05, 3.63) is 58.6 Å². The summed E-state index contributed by atoms with van der Waals surface area (Å²) in [6.07, 6.45) is 0. The van der Waals surface area contributed by atoms with Crippen molar-refractivity contribution in [2.45, 2.75) is 18.9 Å². The highest BCUT2D eigenvalue weighted by Gasteiger charge is 2.49. The topological polar surface area (TPSA) is 37.4 Å². The van der Waals surface area contributed by atoms with E-state index >= 15 is 0 Å². The summed E-state index contributed by atoms with van der Waals surface area (Å²) in [7, 11) is 0. The second-order valence-corrected chi connectivity index (χ2v) is 8.12. The number of aryl methyl sites for hydroxylation is 1. The Morgan fingerprint density at radius 1 is 1.08 bits per heavy atom. The van der Waals surface area contributed by atoms with E-state index in [0.29, 0.717) is 11.6 Å². The van der Waals surface area contributed by atoms with Crippen molar-refractivity contribution < 1.29 is 9.59 Å². The molecule has 2 fully saturated rings. The molecule has 0 saturated carbocycles. The molecule has 1 amide bonds. The minimum atomic E-state index is -0.657. The zero-order valence-electron chi connectivity index (χ0n) is 13.9. The van der Waals surface area contributed by atoms with E-state index in [1.165, 1.54) is 0 Å². The second-order valence-electron chi connectivity index (χ2n) is 6.54. The Bertz CT molecular complexity index is 825. The molecule has 0 aliphatic carbocycles. The monoisotopic (exact) mass is 371 g/mol. The van der Waals surface area contributed by atoms with Gasteiger partial charge in [0.1, 0.15) is 12.0 Å². The van der Waals surface area contributed by atoms with E-state index in [1.54, 1.807) is 16.7 Å². The predicted molar refractivity (Wildman–Crippen MR) is 102 cm³/mol. The van der Waals surface area contributed by atoms with Crippen molar-refractivity contribution in [3.8, 4) is 11.1 Å². The van der Waals surface area contributed by atoms with E-state index in [0.717, 1.165) is 33.8 Å². The van der Waals surface area contributed by atoms with Crippen LogP contribution in [-0.2, 0) is 9.59 Å². The first-order valence-electron chi connectivity index (χ1n) is 8.34. The van der Waals surface area contributed by atoms with Crippen LogP contribution in [0.1, 0.15) is 17.0 Å².